The number of benzene rings is 1. The van der Waals surface area contributed by atoms with Gasteiger partial charge in [0.1, 0.15) is 4.83 Å². The maximum Gasteiger partial charge on any atom is 0.263 e. The Bertz CT molecular complexity index is 821. The zero-order chi connectivity index (χ0) is 14.8. The van der Waals surface area contributed by atoms with Crippen LogP contribution in [-0.2, 0) is 6.54 Å². The fourth-order valence-corrected chi connectivity index (χ4v) is 4.13. The monoisotopic (exact) mass is 316 g/mol. The Morgan fingerprint density at radius 2 is 2.00 bits per heavy atom. The smallest absolute Gasteiger partial charge is 0.263 e. The molecule has 0 fully saturated rings. The third-order valence-electron chi connectivity index (χ3n) is 3.33. The number of thiophene rings is 1. The molecule has 0 N–H and O–H groups in total. The summed E-state index contributed by atoms with van der Waals surface area (Å²) in [5, 5.41) is 3.60. The molecule has 0 unspecified atom stereocenters. The van der Waals surface area contributed by atoms with Gasteiger partial charge in [0, 0.05) is 17.5 Å². The Morgan fingerprint density at radius 3 is 2.67 bits per heavy atom. The van der Waals surface area contributed by atoms with Gasteiger partial charge in [-0.2, -0.15) is 0 Å². The molecule has 0 spiro atoms. The van der Waals surface area contributed by atoms with Gasteiger partial charge >= 0.3 is 0 Å². The van der Waals surface area contributed by atoms with Crippen molar-refractivity contribution in [2.75, 3.05) is 5.75 Å². The summed E-state index contributed by atoms with van der Waals surface area (Å²) in [6, 6.07) is 10.0. The third kappa shape index (κ3) is 2.51. The normalized spacial score (nSPS) is 11.1. The Balaban J connectivity index is 2.30. The van der Waals surface area contributed by atoms with Crippen LogP contribution in [0.2, 0.25) is 0 Å². The van der Waals surface area contributed by atoms with Gasteiger partial charge in [-0.05, 0) is 18.2 Å². The Morgan fingerprint density at radius 1 is 1.24 bits per heavy atom. The van der Waals surface area contributed by atoms with E-state index in [0.717, 1.165) is 32.3 Å². The third-order valence-corrected chi connectivity index (χ3v) is 5.06. The fraction of sp³-hybridized carbons (Fsp3) is 0.250. The van der Waals surface area contributed by atoms with Crippen molar-refractivity contribution in [3.63, 3.8) is 0 Å². The van der Waals surface area contributed by atoms with Crippen LogP contribution in [0, 0.1) is 0 Å². The van der Waals surface area contributed by atoms with E-state index < -0.39 is 0 Å². The minimum Gasteiger partial charge on any atom is -0.287 e. The molecule has 0 saturated heterocycles. The molecule has 0 aliphatic carbocycles. The second kappa shape index (κ2) is 6.03. The average Bonchev–Trinajstić information content (AvgIpc) is 2.93. The molecule has 0 aliphatic rings. The second-order valence-corrected chi connectivity index (χ2v) is 6.66. The van der Waals surface area contributed by atoms with Crippen LogP contribution in [0.3, 0.4) is 0 Å². The molecule has 0 atom stereocenters. The first-order valence-corrected chi connectivity index (χ1v) is 8.83. The molecular weight excluding hydrogens is 300 g/mol. The maximum absolute atomic E-state index is 12.8. The number of thioether (sulfide) groups is 1. The molecule has 2 heterocycles. The van der Waals surface area contributed by atoms with Crippen LogP contribution in [0.5, 0.6) is 0 Å². The van der Waals surface area contributed by atoms with Gasteiger partial charge < -0.3 is 0 Å². The van der Waals surface area contributed by atoms with Crippen LogP contribution in [0.4, 0.5) is 0 Å². The lowest BCUT2D eigenvalue weighted by Gasteiger charge is -2.09. The van der Waals surface area contributed by atoms with Crippen molar-refractivity contribution >= 4 is 33.3 Å². The average molecular weight is 316 g/mol. The molecule has 1 aromatic carbocycles. The first-order valence-electron chi connectivity index (χ1n) is 6.96. The van der Waals surface area contributed by atoms with Gasteiger partial charge in [-0.25, -0.2) is 4.98 Å². The van der Waals surface area contributed by atoms with Crippen molar-refractivity contribution in [1.82, 2.24) is 9.55 Å². The van der Waals surface area contributed by atoms with E-state index in [9.17, 15) is 4.79 Å². The van der Waals surface area contributed by atoms with E-state index in [1.807, 2.05) is 42.6 Å². The lowest BCUT2D eigenvalue weighted by Crippen LogP contribution is -2.22. The molecule has 21 heavy (non-hydrogen) atoms. The molecule has 0 amide bonds. The minimum absolute atomic E-state index is 0.0681. The highest BCUT2D eigenvalue weighted by Crippen LogP contribution is 2.31. The van der Waals surface area contributed by atoms with Gasteiger partial charge in [0.2, 0.25) is 0 Å². The molecule has 3 rings (SSSR count). The van der Waals surface area contributed by atoms with E-state index in [1.165, 1.54) is 0 Å². The SMILES string of the molecule is CCSc1nc2scc(-c3ccccc3)c2c(=O)n1CC. The summed E-state index contributed by atoms with van der Waals surface area (Å²) >= 11 is 3.16. The predicted molar refractivity (Wildman–Crippen MR) is 91.4 cm³/mol. The molecular formula is C16H16N2OS2. The molecule has 3 aromatic rings. The summed E-state index contributed by atoms with van der Waals surface area (Å²) in [7, 11) is 0. The number of hydrogen-bond donors (Lipinski definition) is 0. The Labute approximate surface area is 131 Å². The van der Waals surface area contributed by atoms with Crippen LogP contribution in [0.25, 0.3) is 21.3 Å². The lowest BCUT2D eigenvalue weighted by molar-refractivity contribution is 0.636. The molecule has 108 valence electrons. The van der Waals surface area contributed by atoms with Crippen LogP contribution in [0.15, 0.2) is 45.7 Å². The largest absolute Gasteiger partial charge is 0.287 e. The highest BCUT2D eigenvalue weighted by atomic mass is 32.2. The summed E-state index contributed by atoms with van der Waals surface area (Å²) in [6.07, 6.45) is 0. The lowest BCUT2D eigenvalue weighted by atomic mass is 10.1. The van der Waals surface area contributed by atoms with Crippen molar-refractivity contribution < 1.29 is 0 Å². The summed E-state index contributed by atoms with van der Waals surface area (Å²) in [5.74, 6) is 0.912. The van der Waals surface area contributed by atoms with Gasteiger partial charge in [-0.3, -0.25) is 9.36 Å². The molecule has 0 bridgehead atoms. The van der Waals surface area contributed by atoms with E-state index >= 15 is 0 Å². The second-order valence-electron chi connectivity index (χ2n) is 4.57. The van der Waals surface area contributed by atoms with Gasteiger partial charge in [0.25, 0.3) is 5.56 Å². The molecule has 0 saturated carbocycles. The van der Waals surface area contributed by atoms with Gasteiger partial charge in [0.05, 0.1) is 5.39 Å². The van der Waals surface area contributed by atoms with Crippen LogP contribution in [-0.4, -0.2) is 15.3 Å². The van der Waals surface area contributed by atoms with Crippen molar-refractivity contribution in [3.05, 3.63) is 46.1 Å². The number of rotatable bonds is 4. The predicted octanol–water partition coefficient (Wildman–Crippen LogP) is 4.26. The molecule has 0 radical (unpaired) electrons. The van der Waals surface area contributed by atoms with Gasteiger partial charge in [0.15, 0.2) is 5.16 Å². The molecule has 3 nitrogen and oxygen atoms in total. The van der Waals surface area contributed by atoms with E-state index in [1.54, 1.807) is 27.7 Å². The van der Waals surface area contributed by atoms with Crippen molar-refractivity contribution in [2.24, 2.45) is 0 Å². The summed E-state index contributed by atoms with van der Waals surface area (Å²) in [4.78, 5) is 18.3. The van der Waals surface area contributed by atoms with E-state index in [-0.39, 0.29) is 5.56 Å². The molecule has 0 aliphatic heterocycles. The molecule has 5 heteroatoms. The minimum atomic E-state index is 0.0681. The number of nitrogens with zero attached hydrogens (tertiary/aromatic N) is 2. The zero-order valence-electron chi connectivity index (χ0n) is 12.0. The topological polar surface area (TPSA) is 34.9 Å². The summed E-state index contributed by atoms with van der Waals surface area (Å²) in [6.45, 7) is 4.71. The Kier molecular flexibility index (Phi) is 4.12. The fourth-order valence-electron chi connectivity index (χ4n) is 2.35. The zero-order valence-corrected chi connectivity index (χ0v) is 13.6. The Hall–Kier alpha value is -1.59. The number of aromatic nitrogens is 2. The van der Waals surface area contributed by atoms with E-state index in [4.69, 9.17) is 0 Å². The highest BCUT2D eigenvalue weighted by molar-refractivity contribution is 7.99. The highest BCUT2D eigenvalue weighted by Gasteiger charge is 2.16. The van der Waals surface area contributed by atoms with Crippen LogP contribution < -0.4 is 5.56 Å². The summed E-state index contributed by atoms with van der Waals surface area (Å²) < 4.78 is 1.77. The quantitative estimate of drug-likeness (QED) is 0.533. The van der Waals surface area contributed by atoms with Gasteiger partial charge in [-0.1, -0.05) is 49.0 Å². The van der Waals surface area contributed by atoms with Gasteiger partial charge in [-0.15, -0.1) is 11.3 Å². The standard InChI is InChI=1S/C16H16N2OS2/c1-3-18-15(19)13-12(11-8-6-5-7-9-11)10-21-14(13)17-16(18)20-4-2/h5-10H,3-4H2,1-2H3. The van der Waals surface area contributed by atoms with Crippen molar-refractivity contribution in [3.8, 4) is 11.1 Å². The van der Waals surface area contributed by atoms with Crippen LogP contribution >= 0.6 is 23.1 Å². The van der Waals surface area contributed by atoms with E-state index in [0.29, 0.717) is 6.54 Å². The first kappa shape index (κ1) is 14.4. The maximum atomic E-state index is 12.8. The number of fused-ring (bicyclic) bond motifs is 1. The van der Waals surface area contributed by atoms with Crippen LogP contribution in [0.1, 0.15) is 13.8 Å². The van der Waals surface area contributed by atoms with E-state index in [2.05, 4.69) is 11.9 Å². The van der Waals surface area contributed by atoms with Crippen molar-refractivity contribution in [2.45, 2.75) is 25.5 Å². The molecule has 2 aromatic heterocycles. The first-order chi connectivity index (χ1) is 10.3. The number of hydrogen-bond acceptors (Lipinski definition) is 4. The van der Waals surface area contributed by atoms with Crippen molar-refractivity contribution in [1.29, 1.82) is 0 Å². The summed E-state index contributed by atoms with van der Waals surface area (Å²) in [5.41, 5.74) is 2.13.